The maximum Gasteiger partial charge on any atom is 0.222 e. The Hall–Kier alpha value is -2.30. The molecule has 1 atom stereocenters. The molecule has 1 aliphatic rings. The maximum absolute atomic E-state index is 13.2. The van der Waals surface area contributed by atoms with Crippen molar-refractivity contribution in [2.75, 3.05) is 13.1 Å². The molecule has 24 heavy (non-hydrogen) atoms. The number of aryl methyl sites for hydroxylation is 2. The Kier molecular flexibility index (Phi) is 5.18. The van der Waals surface area contributed by atoms with Gasteiger partial charge in [0.15, 0.2) is 0 Å². The van der Waals surface area contributed by atoms with Gasteiger partial charge in [-0.1, -0.05) is 12.1 Å². The Balaban J connectivity index is 1.59. The zero-order valence-electron chi connectivity index (χ0n) is 13.9. The number of carbonyl (C=O) groups is 1. The average molecular weight is 327 g/mol. The van der Waals surface area contributed by atoms with Crippen LogP contribution in [0, 0.1) is 12.7 Å². The molecule has 0 aliphatic carbocycles. The normalized spacial score (nSPS) is 17.8. The second kappa shape index (κ2) is 7.51. The minimum atomic E-state index is -0.253. The lowest BCUT2D eigenvalue weighted by Gasteiger charge is -2.32. The van der Waals surface area contributed by atoms with Crippen LogP contribution >= 0.6 is 0 Å². The van der Waals surface area contributed by atoms with E-state index in [1.54, 1.807) is 12.3 Å². The van der Waals surface area contributed by atoms with Crippen LogP contribution in [0.2, 0.25) is 0 Å². The minimum absolute atomic E-state index is 0.134. The van der Waals surface area contributed by atoms with Crippen LogP contribution < -0.4 is 0 Å². The van der Waals surface area contributed by atoms with Gasteiger partial charge in [-0.3, -0.25) is 4.79 Å². The smallest absolute Gasteiger partial charge is 0.222 e. The van der Waals surface area contributed by atoms with Gasteiger partial charge in [0, 0.05) is 37.3 Å². The Labute approximate surface area is 141 Å². The van der Waals surface area contributed by atoms with Crippen LogP contribution in [0.4, 0.5) is 4.39 Å². The topological polar surface area (TPSA) is 46.1 Å². The van der Waals surface area contributed by atoms with Gasteiger partial charge in [-0.05, 0) is 49.9 Å². The van der Waals surface area contributed by atoms with Gasteiger partial charge in [-0.2, -0.15) is 0 Å². The highest BCUT2D eigenvalue weighted by molar-refractivity contribution is 5.76. The summed E-state index contributed by atoms with van der Waals surface area (Å²) in [6.07, 6.45) is 4.80. The first-order valence-corrected chi connectivity index (χ1v) is 8.43. The summed E-state index contributed by atoms with van der Waals surface area (Å²) in [6.45, 7) is 3.38. The number of nitrogens with zero attached hydrogens (tertiary/aromatic N) is 3. The third kappa shape index (κ3) is 4.16. The summed E-state index contributed by atoms with van der Waals surface area (Å²) in [6, 6.07) is 8.40. The third-order valence-electron chi connectivity index (χ3n) is 4.51. The van der Waals surface area contributed by atoms with E-state index in [9.17, 15) is 9.18 Å². The van der Waals surface area contributed by atoms with Gasteiger partial charge in [-0.25, -0.2) is 14.4 Å². The zero-order valence-corrected chi connectivity index (χ0v) is 13.9. The molecule has 5 heteroatoms. The van der Waals surface area contributed by atoms with Crippen molar-refractivity contribution >= 4 is 5.91 Å². The van der Waals surface area contributed by atoms with Crippen LogP contribution in [0.1, 0.15) is 42.3 Å². The molecule has 1 aromatic heterocycles. The molecule has 0 radical (unpaired) electrons. The molecule has 0 N–H and O–H groups in total. The SMILES string of the molecule is Cc1nccc(C2CCCN(C(=O)CCc3cccc(F)c3)C2)n1. The van der Waals surface area contributed by atoms with Crippen molar-refractivity contribution in [2.24, 2.45) is 0 Å². The van der Waals surface area contributed by atoms with Gasteiger partial charge in [0.05, 0.1) is 0 Å². The molecule has 1 aromatic carbocycles. The molecule has 1 aliphatic heterocycles. The molecule has 4 nitrogen and oxygen atoms in total. The highest BCUT2D eigenvalue weighted by atomic mass is 19.1. The molecule has 1 amide bonds. The number of piperidine rings is 1. The van der Waals surface area contributed by atoms with E-state index in [4.69, 9.17) is 0 Å². The van der Waals surface area contributed by atoms with E-state index < -0.39 is 0 Å². The Morgan fingerprint density at radius 3 is 3.04 bits per heavy atom. The van der Waals surface area contributed by atoms with E-state index in [2.05, 4.69) is 9.97 Å². The molecule has 126 valence electrons. The first-order valence-electron chi connectivity index (χ1n) is 8.43. The predicted molar refractivity (Wildman–Crippen MR) is 90.0 cm³/mol. The second-order valence-corrected chi connectivity index (χ2v) is 6.34. The summed E-state index contributed by atoms with van der Waals surface area (Å²) in [5.74, 6) is 0.924. The fourth-order valence-corrected chi connectivity index (χ4v) is 3.25. The first-order chi connectivity index (χ1) is 11.6. The van der Waals surface area contributed by atoms with Crippen LogP contribution in [0.3, 0.4) is 0 Å². The summed E-state index contributed by atoms with van der Waals surface area (Å²) >= 11 is 0. The molecule has 1 saturated heterocycles. The van der Waals surface area contributed by atoms with Gasteiger partial charge < -0.3 is 4.90 Å². The monoisotopic (exact) mass is 327 g/mol. The lowest BCUT2D eigenvalue weighted by atomic mass is 9.94. The van der Waals surface area contributed by atoms with Gasteiger partial charge in [0.1, 0.15) is 11.6 Å². The van der Waals surface area contributed by atoms with Gasteiger partial charge in [-0.15, -0.1) is 0 Å². The van der Waals surface area contributed by atoms with Crippen molar-refractivity contribution in [2.45, 2.75) is 38.5 Å². The fourth-order valence-electron chi connectivity index (χ4n) is 3.25. The summed E-state index contributed by atoms with van der Waals surface area (Å²) in [4.78, 5) is 23.1. The molecule has 3 rings (SSSR count). The van der Waals surface area contributed by atoms with Crippen molar-refractivity contribution in [3.63, 3.8) is 0 Å². The molecular formula is C19H22FN3O. The molecular weight excluding hydrogens is 305 g/mol. The van der Waals surface area contributed by atoms with Crippen molar-refractivity contribution in [1.82, 2.24) is 14.9 Å². The minimum Gasteiger partial charge on any atom is -0.342 e. The van der Waals surface area contributed by atoms with Crippen molar-refractivity contribution in [3.05, 3.63) is 59.4 Å². The van der Waals surface area contributed by atoms with Crippen molar-refractivity contribution < 1.29 is 9.18 Å². The maximum atomic E-state index is 13.2. The predicted octanol–water partition coefficient (Wildman–Crippen LogP) is 3.26. The number of hydrogen-bond donors (Lipinski definition) is 0. The lowest BCUT2D eigenvalue weighted by Crippen LogP contribution is -2.39. The highest BCUT2D eigenvalue weighted by Gasteiger charge is 2.25. The van der Waals surface area contributed by atoms with Crippen molar-refractivity contribution in [1.29, 1.82) is 0 Å². The molecule has 0 saturated carbocycles. The summed E-state index contributed by atoms with van der Waals surface area (Å²) < 4.78 is 13.2. The molecule has 2 heterocycles. The number of benzene rings is 1. The molecule has 1 fully saturated rings. The third-order valence-corrected chi connectivity index (χ3v) is 4.51. The standard InChI is InChI=1S/C19H22FN3O/c1-14-21-10-9-18(22-14)16-5-3-11-23(13-16)19(24)8-7-15-4-2-6-17(20)12-15/h2,4,6,9-10,12,16H,3,5,7-8,11,13H2,1H3. The number of carbonyl (C=O) groups excluding carboxylic acids is 1. The number of rotatable bonds is 4. The summed E-state index contributed by atoms with van der Waals surface area (Å²) in [5, 5.41) is 0. The number of hydrogen-bond acceptors (Lipinski definition) is 3. The van der Waals surface area contributed by atoms with E-state index in [0.29, 0.717) is 19.4 Å². The second-order valence-electron chi connectivity index (χ2n) is 6.34. The van der Waals surface area contributed by atoms with E-state index in [1.807, 2.05) is 24.0 Å². The van der Waals surface area contributed by atoms with E-state index in [-0.39, 0.29) is 17.6 Å². The largest absolute Gasteiger partial charge is 0.342 e. The quantitative estimate of drug-likeness (QED) is 0.866. The summed E-state index contributed by atoms with van der Waals surface area (Å²) in [7, 11) is 0. The van der Waals surface area contributed by atoms with Crippen molar-refractivity contribution in [3.8, 4) is 0 Å². The number of likely N-dealkylation sites (tertiary alicyclic amines) is 1. The number of halogens is 1. The molecule has 0 spiro atoms. The van der Waals surface area contributed by atoms with Crippen LogP contribution in [0.25, 0.3) is 0 Å². The Morgan fingerprint density at radius 2 is 2.25 bits per heavy atom. The number of amides is 1. The van der Waals surface area contributed by atoms with Crippen LogP contribution in [-0.4, -0.2) is 33.9 Å². The molecule has 2 aromatic rings. The lowest BCUT2D eigenvalue weighted by molar-refractivity contribution is -0.132. The fraction of sp³-hybridized carbons (Fsp3) is 0.421. The van der Waals surface area contributed by atoms with Gasteiger partial charge in [0.2, 0.25) is 5.91 Å². The Morgan fingerprint density at radius 1 is 1.38 bits per heavy atom. The first kappa shape index (κ1) is 16.6. The van der Waals surface area contributed by atoms with Gasteiger partial charge >= 0.3 is 0 Å². The van der Waals surface area contributed by atoms with Crippen LogP contribution in [0.15, 0.2) is 36.5 Å². The number of aromatic nitrogens is 2. The molecule has 1 unspecified atom stereocenters. The Bertz CT molecular complexity index is 719. The highest BCUT2D eigenvalue weighted by Crippen LogP contribution is 2.26. The van der Waals surface area contributed by atoms with Crippen LogP contribution in [0.5, 0.6) is 0 Å². The van der Waals surface area contributed by atoms with Gasteiger partial charge in [0.25, 0.3) is 0 Å². The average Bonchev–Trinajstić information content (AvgIpc) is 2.60. The van der Waals surface area contributed by atoms with E-state index in [1.165, 1.54) is 12.1 Å². The zero-order chi connectivity index (χ0) is 16.9. The summed E-state index contributed by atoms with van der Waals surface area (Å²) in [5.41, 5.74) is 1.88. The van der Waals surface area contributed by atoms with E-state index in [0.717, 1.165) is 36.5 Å². The molecule has 0 bridgehead atoms. The van der Waals surface area contributed by atoms with E-state index >= 15 is 0 Å². The van der Waals surface area contributed by atoms with Crippen LogP contribution in [-0.2, 0) is 11.2 Å².